The molecule has 1 atom stereocenters. The van der Waals surface area contributed by atoms with Crippen molar-refractivity contribution >= 4 is 37.9 Å². The third kappa shape index (κ3) is 4.00. The highest BCUT2D eigenvalue weighted by Gasteiger charge is 2.11. The lowest BCUT2D eigenvalue weighted by Crippen LogP contribution is -2.18. The van der Waals surface area contributed by atoms with Crippen molar-refractivity contribution in [2.24, 2.45) is 0 Å². The second-order valence-electron chi connectivity index (χ2n) is 3.71. The van der Waals surface area contributed by atoms with Crippen LogP contribution in [0.5, 0.6) is 0 Å². The first-order valence-corrected chi connectivity index (χ1v) is 7.78. The third-order valence-corrected chi connectivity index (χ3v) is 4.13. The lowest BCUT2D eigenvalue weighted by Gasteiger charge is -2.09. The van der Waals surface area contributed by atoms with E-state index < -0.39 is 27.4 Å². The maximum atomic E-state index is 11.2. The summed E-state index contributed by atoms with van der Waals surface area (Å²) in [4.78, 5) is 0. The van der Waals surface area contributed by atoms with Gasteiger partial charge in [0.15, 0.2) is 0 Å². The van der Waals surface area contributed by atoms with Crippen molar-refractivity contribution in [1.82, 2.24) is 0 Å². The van der Waals surface area contributed by atoms with E-state index in [-0.39, 0.29) is 0 Å². The van der Waals surface area contributed by atoms with Crippen molar-refractivity contribution in [3.8, 4) is 0 Å². The number of benzene rings is 2. The zero-order chi connectivity index (χ0) is 13.9. The Kier molecular flexibility index (Phi) is 4.15. The molecule has 19 heavy (non-hydrogen) atoms. The summed E-state index contributed by atoms with van der Waals surface area (Å²) in [5.41, 5.74) is 0.558. The van der Waals surface area contributed by atoms with E-state index in [1.165, 1.54) is 0 Å². The molecule has 0 saturated heterocycles. The third-order valence-electron chi connectivity index (χ3n) is 2.36. The normalized spacial score (nSPS) is 13.3. The number of rotatable bonds is 5. The van der Waals surface area contributed by atoms with Gasteiger partial charge in [0.25, 0.3) is 10.1 Å². The van der Waals surface area contributed by atoms with Crippen molar-refractivity contribution in [3.63, 3.8) is 0 Å². The number of hydrogen-bond donors (Lipinski definition) is 1. The number of anilines is 1. The van der Waals surface area contributed by atoms with Gasteiger partial charge in [0, 0.05) is 5.69 Å². The van der Waals surface area contributed by atoms with Gasteiger partial charge in [-0.25, -0.2) is 4.21 Å². The number of fused-ring (bicyclic) bond motifs is 1. The molecule has 2 aromatic carbocycles. The van der Waals surface area contributed by atoms with E-state index in [0.717, 1.165) is 10.8 Å². The molecule has 2 aromatic rings. The summed E-state index contributed by atoms with van der Waals surface area (Å²) < 4.78 is 46.5. The average Bonchev–Trinajstić information content (AvgIpc) is 2.35. The van der Waals surface area contributed by atoms with Gasteiger partial charge in [-0.2, -0.15) is 12.0 Å². The largest absolute Gasteiger partial charge is 0.749 e. The van der Waals surface area contributed by atoms with Gasteiger partial charge in [0.05, 0.1) is 0 Å². The molecule has 0 aliphatic carbocycles. The Morgan fingerprint density at radius 1 is 1.16 bits per heavy atom. The number of hydrogen-bond acceptors (Lipinski definition) is 6. The van der Waals surface area contributed by atoms with Gasteiger partial charge in [0.1, 0.15) is 17.2 Å². The Labute approximate surface area is 113 Å². The molecule has 2 rings (SSSR count). The Balaban J connectivity index is 2.12. The van der Waals surface area contributed by atoms with Crippen LogP contribution in [0, 0.1) is 0 Å². The summed E-state index contributed by atoms with van der Waals surface area (Å²) >= 11 is -3.09. The molecule has 0 bridgehead atoms. The maximum Gasteiger partial charge on any atom is 0.297 e. The van der Waals surface area contributed by atoms with Crippen LogP contribution in [-0.4, -0.2) is 23.1 Å². The van der Waals surface area contributed by atoms with Gasteiger partial charge in [0.2, 0.25) is 0 Å². The topological polar surface area (TPSA) is 95.5 Å². The molecule has 0 aliphatic heterocycles. The van der Waals surface area contributed by atoms with Gasteiger partial charge in [-0.15, -0.1) is 0 Å². The van der Waals surface area contributed by atoms with Crippen LogP contribution in [0.15, 0.2) is 42.5 Å². The first kappa shape index (κ1) is 13.9. The predicted octanol–water partition coefficient (Wildman–Crippen LogP) is 1.35. The molecule has 0 amide bonds. The minimum absolute atomic E-state index is 0.558. The van der Waals surface area contributed by atoms with E-state index in [0.29, 0.717) is 5.69 Å². The Hall–Kier alpha value is -1.48. The molecule has 0 fully saturated rings. The highest BCUT2D eigenvalue weighted by atomic mass is 32.3. The summed E-state index contributed by atoms with van der Waals surface area (Å²) in [5, 5.41) is 4.56. The summed E-state index contributed by atoms with van der Waals surface area (Å²) in [7, 11) is -4.16. The maximum absolute atomic E-state index is 11.2. The fraction of sp³-hybridized carbons (Fsp3) is 0.0909. The first-order chi connectivity index (χ1) is 8.96. The van der Waals surface area contributed by atoms with Gasteiger partial charge in [-0.05, 0) is 22.9 Å². The van der Waals surface area contributed by atoms with E-state index in [2.05, 4.69) is 8.95 Å². The fourth-order valence-corrected chi connectivity index (χ4v) is 2.79. The van der Waals surface area contributed by atoms with E-state index in [1.54, 1.807) is 12.1 Å². The molecule has 102 valence electrons. The second-order valence-corrected chi connectivity index (χ2v) is 6.07. The molecule has 1 N–H and O–H groups in total. The summed E-state index contributed by atoms with van der Waals surface area (Å²) in [5.74, 6) is -0.626. The molecule has 8 heteroatoms. The van der Waals surface area contributed by atoms with E-state index in [4.69, 9.17) is 0 Å². The van der Waals surface area contributed by atoms with Crippen LogP contribution in [0.2, 0.25) is 0 Å². The van der Waals surface area contributed by atoms with Crippen LogP contribution in [0.25, 0.3) is 10.8 Å². The Bertz CT molecular complexity index is 714. The first-order valence-electron chi connectivity index (χ1n) is 5.21. The highest BCUT2D eigenvalue weighted by molar-refractivity contribution is 7.95. The molecule has 0 spiro atoms. The van der Waals surface area contributed by atoms with E-state index in [1.807, 2.05) is 30.3 Å². The van der Waals surface area contributed by atoms with Crippen LogP contribution in [0.3, 0.4) is 0 Å². The number of nitrogens with one attached hydrogen (secondary N) is 1. The van der Waals surface area contributed by atoms with Crippen molar-refractivity contribution in [3.05, 3.63) is 42.5 Å². The van der Waals surface area contributed by atoms with Crippen molar-refractivity contribution in [2.75, 3.05) is 11.2 Å². The molecule has 6 nitrogen and oxygen atoms in total. The molecule has 0 heterocycles. The lowest BCUT2D eigenvalue weighted by molar-refractivity contribution is 0.430. The minimum Gasteiger partial charge on any atom is -0.749 e. The quantitative estimate of drug-likeness (QED) is 0.837. The summed E-state index contributed by atoms with van der Waals surface area (Å²) in [6.07, 6.45) is 0. The smallest absolute Gasteiger partial charge is 0.297 e. The average molecular weight is 300 g/mol. The van der Waals surface area contributed by atoms with Gasteiger partial charge in [-0.3, -0.25) is 0 Å². The molecular formula is C11H10NO5S2-. The standard InChI is InChI=1S/C11H11NO5S2/c13-18(14)17-19(15,16)8-12-11-6-5-9-3-1-2-4-10(9)7-11/h1-7,12H,8H2,(H,13,14)/p-1. The Morgan fingerprint density at radius 3 is 2.53 bits per heavy atom. The van der Waals surface area contributed by atoms with Gasteiger partial charge < -0.3 is 9.87 Å². The summed E-state index contributed by atoms with van der Waals surface area (Å²) in [6, 6.07) is 12.9. The van der Waals surface area contributed by atoms with Crippen molar-refractivity contribution in [2.45, 2.75) is 0 Å². The van der Waals surface area contributed by atoms with Crippen LogP contribution in [0.1, 0.15) is 0 Å². The highest BCUT2D eigenvalue weighted by Crippen LogP contribution is 2.18. The van der Waals surface area contributed by atoms with Crippen molar-refractivity contribution < 1.29 is 20.8 Å². The zero-order valence-corrected chi connectivity index (χ0v) is 11.2. The van der Waals surface area contributed by atoms with E-state index in [9.17, 15) is 17.2 Å². The van der Waals surface area contributed by atoms with Gasteiger partial charge >= 0.3 is 0 Å². The Morgan fingerprint density at radius 2 is 1.84 bits per heavy atom. The predicted molar refractivity (Wildman–Crippen MR) is 71.4 cm³/mol. The molecule has 0 radical (unpaired) electrons. The molecule has 1 unspecified atom stereocenters. The zero-order valence-electron chi connectivity index (χ0n) is 9.61. The van der Waals surface area contributed by atoms with Crippen molar-refractivity contribution in [1.29, 1.82) is 0 Å². The van der Waals surface area contributed by atoms with E-state index >= 15 is 0 Å². The van der Waals surface area contributed by atoms with Crippen LogP contribution in [-0.2, 0) is 25.1 Å². The van der Waals surface area contributed by atoms with Crippen LogP contribution >= 0.6 is 0 Å². The minimum atomic E-state index is -4.16. The molecular weight excluding hydrogens is 290 g/mol. The summed E-state index contributed by atoms with van der Waals surface area (Å²) in [6.45, 7) is 0. The SMILES string of the molecule is O=S([O-])OS(=O)(=O)CNc1ccc2ccccc2c1. The fourth-order valence-electron chi connectivity index (χ4n) is 1.58. The molecule has 0 saturated carbocycles. The van der Waals surface area contributed by atoms with Gasteiger partial charge in [-0.1, -0.05) is 30.3 Å². The van der Waals surface area contributed by atoms with Crippen LogP contribution in [0.4, 0.5) is 5.69 Å². The second kappa shape index (κ2) is 5.66. The van der Waals surface area contributed by atoms with Crippen LogP contribution < -0.4 is 5.32 Å². The molecule has 0 aromatic heterocycles. The lowest BCUT2D eigenvalue weighted by atomic mass is 10.1. The molecule has 0 aliphatic rings. The monoisotopic (exact) mass is 300 g/mol.